The third-order valence-electron chi connectivity index (χ3n) is 2.59. The molecule has 0 aliphatic rings. The molecule has 2 N–H and O–H groups in total. The summed E-state index contributed by atoms with van der Waals surface area (Å²) >= 11 is 3.06. The van der Waals surface area contributed by atoms with Crippen molar-refractivity contribution >= 4 is 27.8 Å². The van der Waals surface area contributed by atoms with Gasteiger partial charge >= 0.3 is 0 Å². The maximum absolute atomic E-state index is 5.63. The molecule has 18 heavy (non-hydrogen) atoms. The highest BCUT2D eigenvalue weighted by Gasteiger charge is 2.08. The Hall–Kier alpha value is -1.72. The van der Waals surface area contributed by atoms with Crippen molar-refractivity contribution in [3.05, 3.63) is 40.6 Å². The van der Waals surface area contributed by atoms with Crippen molar-refractivity contribution in [2.75, 3.05) is 5.73 Å². The standard InChI is InChI=1S/C13H11N3S2/c1-8-2-4-9(5-3-8)12-15-10(6-17-12)11-7-18-13(14)16-11/h2-7H,1H3,(H2,14,16). The highest BCUT2D eigenvalue weighted by Crippen LogP contribution is 2.29. The zero-order valence-corrected chi connectivity index (χ0v) is 11.4. The molecule has 3 aromatic rings. The van der Waals surface area contributed by atoms with Crippen molar-refractivity contribution in [2.24, 2.45) is 0 Å². The van der Waals surface area contributed by atoms with Crippen LogP contribution in [0, 0.1) is 6.92 Å². The molecule has 90 valence electrons. The summed E-state index contributed by atoms with van der Waals surface area (Å²) in [7, 11) is 0. The first-order valence-electron chi connectivity index (χ1n) is 5.46. The van der Waals surface area contributed by atoms with Gasteiger partial charge < -0.3 is 5.73 Å². The number of anilines is 1. The number of nitrogen functional groups attached to an aromatic ring is 1. The molecule has 3 nitrogen and oxygen atoms in total. The monoisotopic (exact) mass is 273 g/mol. The van der Waals surface area contributed by atoms with E-state index in [1.807, 2.05) is 10.8 Å². The average Bonchev–Trinajstić information content (AvgIpc) is 2.98. The summed E-state index contributed by atoms with van der Waals surface area (Å²) < 4.78 is 0. The second-order valence-electron chi connectivity index (χ2n) is 3.97. The van der Waals surface area contributed by atoms with Crippen LogP contribution in [0.4, 0.5) is 5.13 Å². The fraction of sp³-hybridized carbons (Fsp3) is 0.0769. The number of thiazole rings is 2. The molecule has 0 saturated carbocycles. The zero-order chi connectivity index (χ0) is 12.5. The van der Waals surface area contributed by atoms with Crippen LogP contribution in [0.2, 0.25) is 0 Å². The number of rotatable bonds is 2. The van der Waals surface area contributed by atoms with Crippen molar-refractivity contribution in [2.45, 2.75) is 6.92 Å². The zero-order valence-electron chi connectivity index (χ0n) is 9.75. The van der Waals surface area contributed by atoms with Crippen LogP contribution in [0.3, 0.4) is 0 Å². The quantitative estimate of drug-likeness (QED) is 0.772. The number of hydrogen-bond acceptors (Lipinski definition) is 5. The fourth-order valence-corrected chi connectivity index (χ4v) is 3.00. The van der Waals surface area contributed by atoms with Crippen LogP contribution in [0.5, 0.6) is 0 Å². The minimum Gasteiger partial charge on any atom is -0.375 e. The molecule has 0 fully saturated rings. The Morgan fingerprint density at radius 2 is 1.61 bits per heavy atom. The van der Waals surface area contributed by atoms with Gasteiger partial charge in [0.15, 0.2) is 5.13 Å². The van der Waals surface area contributed by atoms with Crippen LogP contribution >= 0.6 is 22.7 Å². The number of nitrogens with zero attached hydrogens (tertiary/aromatic N) is 2. The lowest BCUT2D eigenvalue weighted by atomic mass is 10.2. The Morgan fingerprint density at radius 1 is 0.944 bits per heavy atom. The van der Waals surface area contributed by atoms with Gasteiger partial charge in [0.25, 0.3) is 0 Å². The summed E-state index contributed by atoms with van der Waals surface area (Å²) in [6, 6.07) is 8.37. The van der Waals surface area contributed by atoms with Gasteiger partial charge in [0.1, 0.15) is 16.4 Å². The number of hydrogen-bond donors (Lipinski definition) is 1. The van der Waals surface area contributed by atoms with Gasteiger partial charge in [0, 0.05) is 16.3 Å². The smallest absolute Gasteiger partial charge is 0.180 e. The van der Waals surface area contributed by atoms with E-state index in [0.29, 0.717) is 5.13 Å². The molecule has 0 unspecified atom stereocenters. The van der Waals surface area contributed by atoms with Crippen molar-refractivity contribution in [1.82, 2.24) is 9.97 Å². The van der Waals surface area contributed by atoms with E-state index < -0.39 is 0 Å². The van der Waals surface area contributed by atoms with Gasteiger partial charge in [-0.2, -0.15) is 0 Å². The van der Waals surface area contributed by atoms with E-state index >= 15 is 0 Å². The van der Waals surface area contributed by atoms with Gasteiger partial charge in [-0.25, -0.2) is 9.97 Å². The van der Waals surface area contributed by atoms with E-state index in [2.05, 4.69) is 41.2 Å². The van der Waals surface area contributed by atoms with E-state index in [-0.39, 0.29) is 0 Å². The van der Waals surface area contributed by atoms with Crippen LogP contribution in [0.15, 0.2) is 35.0 Å². The lowest BCUT2D eigenvalue weighted by molar-refractivity contribution is 1.33. The average molecular weight is 273 g/mol. The third kappa shape index (κ3) is 2.14. The number of benzene rings is 1. The molecular weight excluding hydrogens is 262 g/mol. The molecule has 0 aliphatic carbocycles. The third-order valence-corrected chi connectivity index (χ3v) is 4.15. The summed E-state index contributed by atoms with van der Waals surface area (Å²) in [5, 5.41) is 5.54. The lowest BCUT2D eigenvalue weighted by Crippen LogP contribution is -1.83. The fourth-order valence-electron chi connectivity index (χ4n) is 1.63. The van der Waals surface area contributed by atoms with Gasteiger partial charge in [-0.3, -0.25) is 0 Å². The molecule has 0 bridgehead atoms. The second kappa shape index (κ2) is 4.51. The van der Waals surface area contributed by atoms with Crippen molar-refractivity contribution < 1.29 is 0 Å². The Bertz CT molecular complexity index is 668. The Kier molecular flexibility index (Phi) is 2.85. The molecule has 3 rings (SSSR count). The van der Waals surface area contributed by atoms with Gasteiger partial charge in [0.2, 0.25) is 0 Å². The van der Waals surface area contributed by atoms with E-state index in [4.69, 9.17) is 5.73 Å². The van der Waals surface area contributed by atoms with Crippen LogP contribution in [-0.4, -0.2) is 9.97 Å². The first-order valence-corrected chi connectivity index (χ1v) is 7.22. The lowest BCUT2D eigenvalue weighted by Gasteiger charge is -1.96. The summed E-state index contributed by atoms with van der Waals surface area (Å²) in [4.78, 5) is 8.84. The number of aryl methyl sites for hydroxylation is 1. The molecular formula is C13H11N3S2. The minimum atomic E-state index is 0.579. The van der Waals surface area contributed by atoms with E-state index in [9.17, 15) is 0 Å². The molecule has 0 atom stereocenters. The van der Waals surface area contributed by atoms with E-state index in [1.165, 1.54) is 16.9 Å². The van der Waals surface area contributed by atoms with Crippen molar-refractivity contribution in [1.29, 1.82) is 0 Å². The molecule has 1 aromatic carbocycles. The van der Waals surface area contributed by atoms with Crippen molar-refractivity contribution in [3.63, 3.8) is 0 Å². The summed E-state index contributed by atoms with van der Waals surface area (Å²) in [6.07, 6.45) is 0. The second-order valence-corrected chi connectivity index (χ2v) is 5.72. The molecule has 0 saturated heterocycles. The molecule has 2 heterocycles. The first-order chi connectivity index (χ1) is 8.72. The van der Waals surface area contributed by atoms with Gasteiger partial charge in [-0.1, -0.05) is 29.8 Å². The normalized spacial score (nSPS) is 10.7. The van der Waals surface area contributed by atoms with Gasteiger partial charge in [-0.05, 0) is 6.92 Å². The van der Waals surface area contributed by atoms with Gasteiger partial charge in [0.05, 0.1) is 0 Å². The largest absolute Gasteiger partial charge is 0.375 e. The van der Waals surface area contributed by atoms with Crippen LogP contribution < -0.4 is 5.73 Å². The molecule has 0 spiro atoms. The minimum absolute atomic E-state index is 0.579. The van der Waals surface area contributed by atoms with Crippen LogP contribution in [-0.2, 0) is 0 Å². The Labute approximate surface area is 113 Å². The number of nitrogens with two attached hydrogens (primary N) is 1. The maximum Gasteiger partial charge on any atom is 0.180 e. The summed E-state index contributed by atoms with van der Waals surface area (Å²) in [6.45, 7) is 2.08. The highest BCUT2D eigenvalue weighted by molar-refractivity contribution is 7.14. The van der Waals surface area contributed by atoms with Gasteiger partial charge in [-0.15, -0.1) is 22.7 Å². The van der Waals surface area contributed by atoms with Crippen LogP contribution in [0.25, 0.3) is 22.0 Å². The SMILES string of the molecule is Cc1ccc(-c2nc(-c3csc(N)n3)cs2)cc1. The Morgan fingerprint density at radius 3 is 2.28 bits per heavy atom. The number of aromatic nitrogens is 2. The first kappa shape index (κ1) is 11.4. The highest BCUT2D eigenvalue weighted by atomic mass is 32.1. The molecule has 0 amide bonds. The molecule has 0 aliphatic heterocycles. The molecule has 5 heteroatoms. The summed E-state index contributed by atoms with van der Waals surface area (Å²) in [5.74, 6) is 0. The predicted molar refractivity (Wildman–Crippen MR) is 77.8 cm³/mol. The molecule has 2 aromatic heterocycles. The summed E-state index contributed by atoms with van der Waals surface area (Å²) in [5.41, 5.74) is 9.77. The predicted octanol–water partition coefficient (Wildman–Crippen LogP) is 3.82. The Balaban J connectivity index is 1.96. The van der Waals surface area contributed by atoms with E-state index in [0.717, 1.165) is 22.0 Å². The molecule has 0 radical (unpaired) electrons. The van der Waals surface area contributed by atoms with Crippen LogP contribution in [0.1, 0.15) is 5.56 Å². The van der Waals surface area contributed by atoms with E-state index in [1.54, 1.807) is 11.3 Å². The topological polar surface area (TPSA) is 51.8 Å². The maximum atomic E-state index is 5.63. The van der Waals surface area contributed by atoms with Crippen molar-refractivity contribution in [3.8, 4) is 22.0 Å².